The summed E-state index contributed by atoms with van der Waals surface area (Å²) in [6.45, 7) is 2.64. The molecule has 5 heteroatoms. The predicted molar refractivity (Wildman–Crippen MR) is 55.6 cm³/mol. The largest absolute Gasteiger partial charge is 0.353 e. The summed E-state index contributed by atoms with van der Waals surface area (Å²) in [5, 5.41) is 2.67. The van der Waals surface area contributed by atoms with Gasteiger partial charge >= 0.3 is 0 Å². The van der Waals surface area contributed by atoms with E-state index in [-0.39, 0.29) is 18.2 Å². The average molecular weight is 209 g/mol. The van der Waals surface area contributed by atoms with Crippen LogP contribution >= 0.6 is 0 Å². The fourth-order valence-electron chi connectivity index (χ4n) is 1.51. The van der Waals surface area contributed by atoms with Crippen LogP contribution in [0.25, 0.3) is 0 Å². The Labute approximate surface area is 89.0 Å². The molecule has 0 spiro atoms. The Morgan fingerprint density at radius 3 is 3.13 bits per heavy atom. The van der Waals surface area contributed by atoms with E-state index in [1.807, 2.05) is 0 Å². The Bertz CT molecular complexity index is 308. The van der Waals surface area contributed by atoms with Gasteiger partial charge in [-0.2, -0.15) is 0 Å². The second kappa shape index (κ2) is 4.80. The van der Waals surface area contributed by atoms with Gasteiger partial charge in [0.1, 0.15) is 6.04 Å². The second-order valence-electron chi connectivity index (χ2n) is 3.51. The van der Waals surface area contributed by atoms with Crippen LogP contribution in [0.15, 0.2) is 0 Å². The van der Waals surface area contributed by atoms with E-state index in [1.165, 1.54) is 4.90 Å². The fraction of sp³-hybridized carbons (Fsp3) is 0.600. The summed E-state index contributed by atoms with van der Waals surface area (Å²) in [5.41, 5.74) is 5.60. The molecule has 5 nitrogen and oxygen atoms in total. The Kier molecular flexibility index (Phi) is 3.69. The van der Waals surface area contributed by atoms with E-state index in [0.717, 1.165) is 0 Å². The lowest BCUT2D eigenvalue weighted by molar-refractivity contribution is -0.143. The number of hydrogen-bond acceptors (Lipinski definition) is 3. The van der Waals surface area contributed by atoms with Crippen LogP contribution in [0.4, 0.5) is 0 Å². The zero-order valence-corrected chi connectivity index (χ0v) is 8.69. The van der Waals surface area contributed by atoms with Crippen molar-refractivity contribution in [2.45, 2.75) is 25.4 Å². The molecule has 1 aliphatic heterocycles. The van der Waals surface area contributed by atoms with Gasteiger partial charge < -0.3 is 16.0 Å². The number of nitrogens with one attached hydrogen (secondary N) is 1. The van der Waals surface area contributed by atoms with Crippen LogP contribution in [0, 0.1) is 12.3 Å². The maximum Gasteiger partial charge on any atom is 0.242 e. The van der Waals surface area contributed by atoms with E-state index in [9.17, 15) is 9.59 Å². The van der Waals surface area contributed by atoms with Crippen molar-refractivity contribution < 1.29 is 9.59 Å². The van der Waals surface area contributed by atoms with Crippen LogP contribution in [0.2, 0.25) is 0 Å². The molecule has 0 aromatic heterocycles. The fourth-order valence-corrected chi connectivity index (χ4v) is 1.51. The van der Waals surface area contributed by atoms with Crippen molar-refractivity contribution in [1.29, 1.82) is 0 Å². The highest BCUT2D eigenvalue weighted by Gasteiger charge is 2.31. The highest BCUT2D eigenvalue weighted by atomic mass is 16.2. The minimum atomic E-state index is -0.705. The van der Waals surface area contributed by atoms with Gasteiger partial charge in [-0.1, -0.05) is 0 Å². The van der Waals surface area contributed by atoms with Gasteiger partial charge in [0.2, 0.25) is 11.8 Å². The molecule has 1 saturated heterocycles. The van der Waals surface area contributed by atoms with Gasteiger partial charge in [-0.05, 0) is 6.92 Å². The molecule has 0 aromatic carbocycles. The lowest BCUT2D eigenvalue weighted by atomic mass is 10.1. The molecule has 3 N–H and O–H groups in total. The molecule has 1 fully saturated rings. The minimum Gasteiger partial charge on any atom is -0.353 e. The second-order valence-corrected chi connectivity index (χ2v) is 3.51. The van der Waals surface area contributed by atoms with Crippen LogP contribution < -0.4 is 11.1 Å². The third kappa shape index (κ3) is 2.48. The Hall–Kier alpha value is -1.54. The van der Waals surface area contributed by atoms with Crippen LogP contribution in [0.3, 0.4) is 0 Å². The van der Waals surface area contributed by atoms with E-state index in [1.54, 1.807) is 6.92 Å². The molecule has 1 aliphatic rings. The third-order valence-corrected chi connectivity index (χ3v) is 2.44. The predicted octanol–water partition coefficient (Wildman–Crippen LogP) is -1.32. The van der Waals surface area contributed by atoms with Gasteiger partial charge in [0, 0.05) is 19.5 Å². The molecular weight excluding hydrogens is 194 g/mol. The number of nitrogens with zero attached hydrogens (tertiary/aromatic N) is 1. The molecule has 1 rings (SSSR count). The number of carbonyl (C=O) groups excluding carboxylic acids is 2. The Morgan fingerprint density at radius 2 is 2.53 bits per heavy atom. The van der Waals surface area contributed by atoms with Gasteiger partial charge in [-0.25, -0.2) is 0 Å². The van der Waals surface area contributed by atoms with Crippen molar-refractivity contribution in [3.05, 3.63) is 0 Å². The lowest BCUT2D eigenvalue weighted by Gasteiger charge is -2.34. The summed E-state index contributed by atoms with van der Waals surface area (Å²) < 4.78 is 0. The molecule has 82 valence electrons. The van der Waals surface area contributed by atoms with Gasteiger partial charge in [-0.3, -0.25) is 9.59 Å². The Morgan fingerprint density at radius 1 is 1.87 bits per heavy atom. The van der Waals surface area contributed by atoms with Crippen molar-refractivity contribution in [3.8, 4) is 12.3 Å². The van der Waals surface area contributed by atoms with E-state index >= 15 is 0 Å². The van der Waals surface area contributed by atoms with Crippen LogP contribution in [0.5, 0.6) is 0 Å². The lowest BCUT2D eigenvalue weighted by Crippen LogP contribution is -2.59. The molecule has 0 radical (unpaired) electrons. The summed E-state index contributed by atoms with van der Waals surface area (Å²) in [6.07, 6.45) is 5.28. The van der Waals surface area contributed by atoms with Crippen LogP contribution in [-0.2, 0) is 9.59 Å². The summed E-state index contributed by atoms with van der Waals surface area (Å²) in [7, 11) is 0. The SMILES string of the molecule is C#CCC(N)C(=O)N1CCNC(=O)C1C. The molecule has 2 amide bonds. The number of carbonyl (C=O) groups is 2. The molecule has 1 heterocycles. The number of amides is 2. The summed E-state index contributed by atoms with van der Waals surface area (Å²) in [6, 6.07) is -1.17. The van der Waals surface area contributed by atoms with Crippen molar-refractivity contribution >= 4 is 11.8 Å². The first-order valence-corrected chi connectivity index (χ1v) is 4.85. The summed E-state index contributed by atoms with van der Waals surface area (Å²) >= 11 is 0. The molecule has 0 saturated carbocycles. The maximum absolute atomic E-state index is 11.8. The van der Waals surface area contributed by atoms with E-state index < -0.39 is 12.1 Å². The summed E-state index contributed by atoms with van der Waals surface area (Å²) in [4.78, 5) is 24.5. The first-order valence-electron chi connectivity index (χ1n) is 4.85. The molecule has 0 aromatic rings. The third-order valence-electron chi connectivity index (χ3n) is 2.44. The quantitative estimate of drug-likeness (QED) is 0.554. The highest BCUT2D eigenvalue weighted by molar-refractivity contribution is 5.90. The molecule has 15 heavy (non-hydrogen) atoms. The van der Waals surface area contributed by atoms with Crippen molar-refractivity contribution in [2.24, 2.45) is 5.73 Å². The molecule has 0 bridgehead atoms. The van der Waals surface area contributed by atoms with Crippen LogP contribution in [0.1, 0.15) is 13.3 Å². The zero-order chi connectivity index (χ0) is 11.4. The first kappa shape index (κ1) is 11.5. The Balaban J connectivity index is 2.66. The average Bonchev–Trinajstić information content (AvgIpc) is 2.21. The summed E-state index contributed by atoms with van der Waals surface area (Å²) in [5.74, 6) is 1.94. The molecule has 2 unspecified atom stereocenters. The normalized spacial score (nSPS) is 22.9. The smallest absolute Gasteiger partial charge is 0.242 e. The maximum atomic E-state index is 11.8. The number of rotatable bonds is 2. The van der Waals surface area contributed by atoms with E-state index in [4.69, 9.17) is 12.2 Å². The topological polar surface area (TPSA) is 75.4 Å². The van der Waals surface area contributed by atoms with Crippen molar-refractivity contribution in [3.63, 3.8) is 0 Å². The monoisotopic (exact) mass is 209 g/mol. The van der Waals surface area contributed by atoms with E-state index in [2.05, 4.69) is 11.2 Å². The van der Waals surface area contributed by atoms with E-state index in [0.29, 0.717) is 13.1 Å². The van der Waals surface area contributed by atoms with Gasteiger partial charge in [0.15, 0.2) is 0 Å². The number of hydrogen-bond donors (Lipinski definition) is 2. The molecular formula is C10H15N3O2. The number of terminal acetylenes is 1. The minimum absolute atomic E-state index is 0.150. The van der Waals surface area contributed by atoms with Crippen molar-refractivity contribution in [1.82, 2.24) is 10.2 Å². The number of nitrogens with two attached hydrogens (primary N) is 1. The highest BCUT2D eigenvalue weighted by Crippen LogP contribution is 2.06. The van der Waals surface area contributed by atoms with Gasteiger partial charge in [0.05, 0.1) is 6.04 Å². The van der Waals surface area contributed by atoms with Gasteiger partial charge in [0.25, 0.3) is 0 Å². The van der Waals surface area contributed by atoms with Crippen LogP contribution in [-0.4, -0.2) is 41.9 Å². The molecule has 0 aliphatic carbocycles. The number of piperazine rings is 1. The zero-order valence-electron chi connectivity index (χ0n) is 8.69. The standard InChI is InChI=1S/C10H15N3O2/c1-3-4-8(11)10(15)13-6-5-12-9(14)7(13)2/h1,7-8H,4-6,11H2,2H3,(H,12,14). The first-order chi connectivity index (χ1) is 7.07. The van der Waals surface area contributed by atoms with Gasteiger partial charge in [-0.15, -0.1) is 12.3 Å². The van der Waals surface area contributed by atoms with Crippen molar-refractivity contribution in [2.75, 3.05) is 13.1 Å². The molecule has 2 atom stereocenters.